The number of thiophene rings is 1. The van der Waals surface area contributed by atoms with Crippen LogP contribution in [-0.2, 0) is 6.54 Å². The third kappa shape index (κ3) is 3.63. The standard InChI is InChI=1S/C21H17ClN2OS2/c1-13-8-9-16-19(14(13)2)23-21(27-16)24(12-15-6-4-3-5-7-15)20(25)17-10-11-18(22)26-17/h3-11H,12H2,1-2H3. The summed E-state index contributed by atoms with van der Waals surface area (Å²) < 4.78 is 1.69. The lowest BCUT2D eigenvalue weighted by molar-refractivity contribution is 0.0989. The Kier molecular flexibility index (Phi) is 5.00. The van der Waals surface area contributed by atoms with Crippen LogP contribution in [0.5, 0.6) is 0 Å². The monoisotopic (exact) mass is 412 g/mol. The summed E-state index contributed by atoms with van der Waals surface area (Å²) in [5, 5.41) is 0.706. The lowest BCUT2D eigenvalue weighted by atomic mass is 10.1. The SMILES string of the molecule is Cc1ccc2sc(N(Cc3ccccc3)C(=O)c3ccc(Cl)s3)nc2c1C. The van der Waals surface area contributed by atoms with E-state index in [0.29, 0.717) is 20.9 Å². The molecule has 0 atom stereocenters. The minimum Gasteiger partial charge on any atom is -0.279 e. The Labute approximate surface area is 170 Å². The summed E-state index contributed by atoms with van der Waals surface area (Å²) in [6.07, 6.45) is 0. The van der Waals surface area contributed by atoms with Crippen LogP contribution in [-0.4, -0.2) is 10.9 Å². The highest BCUT2D eigenvalue weighted by Gasteiger charge is 2.23. The highest BCUT2D eigenvalue weighted by atomic mass is 35.5. The lowest BCUT2D eigenvalue weighted by Crippen LogP contribution is -2.29. The number of anilines is 1. The van der Waals surface area contributed by atoms with Crippen molar-refractivity contribution in [2.24, 2.45) is 0 Å². The van der Waals surface area contributed by atoms with Crippen molar-refractivity contribution in [1.29, 1.82) is 0 Å². The highest BCUT2D eigenvalue weighted by molar-refractivity contribution is 7.22. The number of aryl methyl sites for hydroxylation is 2. The molecule has 3 nitrogen and oxygen atoms in total. The second-order valence-electron chi connectivity index (χ2n) is 6.33. The molecule has 0 spiro atoms. The summed E-state index contributed by atoms with van der Waals surface area (Å²) in [5.74, 6) is -0.0795. The van der Waals surface area contributed by atoms with Crippen LogP contribution < -0.4 is 4.90 Å². The molecule has 6 heteroatoms. The molecule has 1 amide bonds. The smallest absolute Gasteiger partial charge is 0.270 e. The number of nitrogens with zero attached hydrogens (tertiary/aromatic N) is 2. The van der Waals surface area contributed by atoms with Crippen molar-refractivity contribution in [1.82, 2.24) is 4.98 Å². The minimum absolute atomic E-state index is 0.0795. The Morgan fingerprint density at radius 3 is 2.52 bits per heavy atom. The third-order valence-corrected chi connectivity index (χ3v) is 6.78. The molecule has 0 unspecified atom stereocenters. The second-order valence-corrected chi connectivity index (χ2v) is 9.06. The fourth-order valence-electron chi connectivity index (χ4n) is 2.88. The summed E-state index contributed by atoms with van der Waals surface area (Å²) >= 11 is 8.89. The predicted octanol–water partition coefficient (Wildman–Crippen LogP) is 6.48. The maximum Gasteiger partial charge on any atom is 0.270 e. The van der Waals surface area contributed by atoms with Crippen LogP contribution in [0.1, 0.15) is 26.4 Å². The van der Waals surface area contributed by atoms with Crippen molar-refractivity contribution >= 4 is 55.5 Å². The highest BCUT2D eigenvalue weighted by Crippen LogP contribution is 2.34. The number of hydrogen-bond donors (Lipinski definition) is 0. The Balaban J connectivity index is 1.79. The number of carbonyl (C=O) groups is 1. The lowest BCUT2D eigenvalue weighted by Gasteiger charge is -2.19. The molecule has 0 saturated heterocycles. The Bertz CT molecular complexity index is 1120. The van der Waals surface area contributed by atoms with E-state index in [0.717, 1.165) is 21.3 Å². The zero-order chi connectivity index (χ0) is 19.0. The number of amides is 1. The van der Waals surface area contributed by atoms with Gasteiger partial charge in [0.15, 0.2) is 5.13 Å². The normalized spacial score (nSPS) is 11.1. The van der Waals surface area contributed by atoms with E-state index in [4.69, 9.17) is 16.6 Å². The van der Waals surface area contributed by atoms with E-state index in [9.17, 15) is 4.79 Å². The van der Waals surface area contributed by atoms with Gasteiger partial charge in [0.25, 0.3) is 5.91 Å². The molecule has 0 N–H and O–H groups in total. The zero-order valence-corrected chi connectivity index (χ0v) is 17.3. The minimum atomic E-state index is -0.0795. The van der Waals surface area contributed by atoms with Crippen LogP contribution in [0, 0.1) is 13.8 Å². The van der Waals surface area contributed by atoms with E-state index < -0.39 is 0 Å². The molecule has 0 saturated carbocycles. The number of fused-ring (bicyclic) bond motifs is 1. The summed E-state index contributed by atoms with van der Waals surface area (Å²) in [6.45, 7) is 4.62. The maximum absolute atomic E-state index is 13.2. The quantitative estimate of drug-likeness (QED) is 0.384. The maximum atomic E-state index is 13.2. The number of hydrogen-bond acceptors (Lipinski definition) is 4. The Hall–Kier alpha value is -2.21. The van der Waals surface area contributed by atoms with Crippen molar-refractivity contribution in [3.8, 4) is 0 Å². The van der Waals surface area contributed by atoms with Gasteiger partial charge in [-0.1, -0.05) is 59.3 Å². The largest absolute Gasteiger partial charge is 0.279 e. The molecule has 0 aliphatic rings. The number of halogens is 1. The summed E-state index contributed by atoms with van der Waals surface area (Å²) in [7, 11) is 0. The second kappa shape index (κ2) is 7.43. The molecule has 0 aliphatic heterocycles. The third-order valence-electron chi connectivity index (χ3n) is 4.52. The van der Waals surface area contributed by atoms with Gasteiger partial charge in [0, 0.05) is 0 Å². The molecule has 136 valence electrons. The van der Waals surface area contributed by atoms with Gasteiger partial charge in [-0.2, -0.15) is 0 Å². The molecular weight excluding hydrogens is 396 g/mol. The first kappa shape index (κ1) is 18.2. The average Bonchev–Trinajstić information content (AvgIpc) is 3.30. The van der Waals surface area contributed by atoms with Crippen LogP contribution in [0.25, 0.3) is 10.2 Å². The van der Waals surface area contributed by atoms with Crippen LogP contribution in [0.2, 0.25) is 4.34 Å². The first-order valence-electron chi connectivity index (χ1n) is 8.51. The number of benzene rings is 2. The summed E-state index contributed by atoms with van der Waals surface area (Å²) in [5.41, 5.74) is 4.37. The summed E-state index contributed by atoms with van der Waals surface area (Å²) in [4.78, 5) is 20.4. The fraction of sp³-hybridized carbons (Fsp3) is 0.143. The van der Waals surface area contributed by atoms with Crippen LogP contribution in [0.15, 0.2) is 54.6 Å². The molecule has 0 aliphatic carbocycles. The zero-order valence-electron chi connectivity index (χ0n) is 14.9. The van der Waals surface area contributed by atoms with Crippen LogP contribution in [0.3, 0.4) is 0 Å². The molecular formula is C21H17ClN2OS2. The van der Waals surface area contributed by atoms with Crippen LogP contribution >= 0.6 is 34.3 Å². The molecule has 4 rings (SSSR count). The van der Waals surface area contributed by atoms with Gasteiger partial charge in [0.05, 0.1) is 26.0 Å². The van der Waals surface area contributed by atoms with E-state index in [1.165, 1.54) is 16.9 Å². The van der Waals surface area contributed by atoms with Gasteiger partial charge >= 0.3 is 0 Å². The van der Waals surface area contributed by atoms with Gasteiger partial charge in [0.2, 0.25) is 0 Å². The van der Waals surface area contributed by atoms with E-state index in [2.05, 4.69) is 26.0 Å². The van der Waals surface area contributed by atoms with Crippen molar-refractivity contribution in [2.75, 3.05) is 4.90 Å². The first-order valence-corrected chi connectivity index (χ1v) is 10.5. The van der Waals surface area contributed by atoms with E-state index in [1.54, 1.807) is 28.4 Å². The van der Waals surface area contributed by atoms with Gasteiger partial charge in [-0.3, -0.25) is 9.69 Å². The molecule has 0 fully saturated rings. The molecule has 2 aromatic heterocycles. The molecule has 4 aromatic rings. The Morgan fingerprint density at radius 1 is 1.04 bits per heavy atom. The molecule has 0 radical (unpaired) electrons. The van der Waals surface area contributed by atoms with Crippen LogP contribution in [0.4, 0.5) is 5.13 Å². The fourth-order valence-corrected chi connectivity index (χ4v) is 4.90. The van der Waals surface area contributed by atoms with Gasteiger partial charge in [-0.05, 0) is 48.7 Å². The molecule has 2 heterocycles. The number of carbonyl (C=O) groups excluding carboxylic acids is 1. The number of aromatic nitrogens is 1. The molecule has 0 bridgehead atoms. The van der Waals surface area contributed by atoms with Gasteiger partial charge in [-0.25, -0.2) is 4.98 Å². The average molecular weight is 413 g/mol. The van der Waals surface area contributed by atoms with Crippen molar-refractivity contribution in [2.45, 2.75) is 20.4 Å². The first-order chi connectivity index (χ1) is 13.0. The van der Waals surface area contributed by atoms with E-state index in [1.807, 2.05) is 30.3 Å². The number of rotatable bonds is 4. The van der Waals surface area contributed by atoms with Gasteiger partial charge in [0.1, 0.15) is 0 Å². The van der Waals surface area contributed by atoms with Gasteiger partial charge in [-0.15, -0.1) is 11.3 Å². The van der Waals surface area contributed by atoms with E-state index in [-0.39, 0.29) is 5.91 Å². The van der Waals surface area contributed by atoms with Gasteiger partial charge < -0.3 is 0 Å². The van der Waals surface area contributed by atoms with Crippen molar-refractivity contribution < 1.29 is 4.79 Å². The predicted molar refractivity (Wildman–Crippen MR) is 115 cm³/mol. The topological polar surface area (TPSA) is 33.2 Å². The van der Waals surface area contributed by atoms with E-state index >= 15 is 0 Å². The molecule has 2 aromatic carbocycles. The number of thiazole rings is 1. The van der Waals surface area contributed by atoms with Crippen molar-refractivity contribution in [3.05, 3.63) is 80.5 Å². The molecule has 27 heavy (non-hydrogen) atoms. The van der Waals surface area contributed by atoms with Crippen molar-refractivity contribution in [3.63, 3.8) is 0 Å². The summed E-state index contributed by atoms with van der Waals surface area (Å²) in [6, 6.07) is 17.7. The Morgan fingerprint density at radius 2 is 1.81 bits per heavy atom.